The highest BCUT2D eigenvalue weighted by Crippen LogP contribution is 2.53. The van der Waals surface area contributed by atoms with Crippen LogP contribution in [0.15, 0.2) is 48.5 Å². The lowest BCUT2D eigenvalue weighted by atomic mass is 10.00. The highest BCUT2D eigenvalue weighted by molar-refractivity contribution is 7.53. The number of hydrogen-bond donors (Lipinski definition) is 2. The Morgan fingerprint density at radius 1 is 0.824 bits per heavy atom. The van der Waals surface area contributed by atoms with Gasteiger partial charge in [-0.1, -0.05) is 36.4 Å². The van der Waals surface area contributed by atoms with Gasteiger partial charge in [-0.25, -0.2) is 0 Å². The predicted molar refractivity (Wildman–Crippen MR) is 70.1 cm³/mol. The fourth-order valence-electron chi connectivity index (χ4n) is 2.21. The van der Waals surface area contributed by atoms with Crippen molar-refractivity contribution in [3.8, 4) is 11.5 Å². The van der Waals surface area contributed by atoms with Gasteiger partial charge >= 0.3 is 0 Å². The van der Waals surface area contributed by atoms with E-state index in [9.17, 15) is 0 Å². The Labute approximate surface area is 101 Å². The molecule has 0 saturated heterocycles. The molecular weight excluding hydrogens is 231 g/mol. The molecule has 3 nitrogen and oxygen atoms in total. The molecule has 2 aromatic carbocycles. The summed E-state index contributed by atoms with van der Waals surface area (Å²) in [6.07, 6.45) is 0. The molecule has 17 heavy (non-hydrogen) atoms. The van der Waals surface area contributed by atoms with Gasteiger partial charge in [0.1, 0.15) is 11.5 Å². The molecule has 2 aromatic rings. The molecule has 0 radical (unpaired) electrons. The molecule has 0 unspecified atom stereocenters. The monoisotopic (exact) mass is 244 g/mol. The van der Waals surface area contributed by atoms with Crippen LogP contribution in [0.3, 0.4) is 0 Å². The zero-order chi connectivity index (χ0) is 11.8. The topological polar surface area (TPSA) is 61.3 Å². The third-order valence-electron chi connectivity index (χ3n) is 2.95. The number of ether oxygens (including phenoxy) is 1. The first-order valence-electron chi connectivity index (χ1n) is 5.41. The summed E-state index contributed by atoms with van der Waals surface area (Å²) in [5, 5.41) is 0. The second-order valence-corrected chi connectivity index (χ2v) is 5.44. The first-order valence-corrected chi connectivity index (χ1v) is 6.96. The van der Waals surface area contributed by atoms with Crippen LogP contribution in [0.25, 0.3) is 0 Å². The van der Waals surface area contributed by atoms with Crippen LogP contribution >= 0.6 is 8.22 Å². The molecule has 0 bridgehead atoms. The molecule has 0 amide bonds. The van der Waals surface area contributed by atoms with Gasteiger partial charge in [0.2, 0.25) is 0 Å². The number of para-hydroxylation sites is 2. The first kappa shape index (κ1) is 10.7. The van der Waals surface area contributed by atoms with Crippen molar-refractivity contribution < 1.29 is 4.74 Å². The third-order valence-corrected chi connectivity index (χ3v) is 4.10. The maximum absolute atomic E-state index is 5.98. The normalized spacial score (nSPS) is 14.1. The Kier molecular flexibility index (Phi) is 2.60. The molecule has 86 valence electrons. The average Bonchev–Trinajstić information content (AvgIpc) is 2.35. The van der Waals surface area contributed by atoms with Crippen LogP contribution in [-0.4, -0.2) is 0 Å². The minimum absolute atomic E-state index is 0.0612. The number of rotatable bonds is 1. The van der Waals surface area contributed by atoms with E-state index in [1.54, 1.807) is 0 Å². The maximum atomic E-state index is 5.98. The molecule has 0 fully saturated rings. The molecule has 0 aliphatic carbocycles. The van der Waals surface area contributed by atoms with Crippen molar-refractivity contribution in [2.45, 2.75) is 5.66 Å². The molecule has 4 N–H and O–H groups in total. The van der Waals surface area contributed by atoms with Gasteiger partial charge in [-0.2, -0.15) is 0 Å². The van der Waals surface area contributed by atoms with E-state index in [4.69, 9.17) is 15.7 Å². The SMILES string of the molecule is NP(N)C1c2ccccc2Oc2ccccc21. The maximum Gasteiger partial charge on any atom is 0.131 e. The van der Waals surface area contributed by atoms with E-state index in [0.717, 1.165) is 22.6 Å². The Bertz CT molecular complexity index is 511. The van der Waals surface area contributed by atoms with Crippen LogP contribution in [0.4, 0.5) is 0 Å². The van der Waals surface area contributed by atoms with E-state index in [1.165, 1.54) is 0 Å². The van der Waals surface area contributed by atoms with Gasteiger partial charge in [0.15, 0.2) is 0 Å². The Hall–Kier alpha value is -1.41. The van der Waals surface area contributed by atoms with Crippen LogP contribution in [0.5, 0.6) is 11.5 Å². The highest BCUT2D eigenvalue weighted by Gasteiger charge is 2.29. The van der Waals surface area contributed by atoms with E-state index in [-0.39, 0.29) is 5.66 Å². The molecule has 1 aliphatic heterocycles. The average molecular weight is 244 g/mol. The van der Waals surface area contributed by atoms with Crippen molar-refractivity contribution >= 4 is 8.22 Å². The standard InChI is InChI=1S/C13H13N2OP/c14-17(15)13-9-5-1-3-7-11(9)16-12-8-4-2-6-10(12)13/h1-8,13H,14-15H2. The molecule has 4 heteroatoms. The zero-order valence-corrected chi connectivity index (χ0v) is 10.1. The Balaban J connectivity index is 2.21. The van der Waals surface area contributed by atoms with Crippen LogP contribution in [-0.2, 0) is 0 Å². The minimum atomic E-state index is -1.07. The predicted octanol–water partition coefficient (Wildman–Crippen LogP) is 3.11. The number of fused-ring (bicyclic) bond motifs is 2. The summed E-state index contributed by atoms with van der Waals surface area (Å²) in [6.45, 7) is 0. The fourth-order valence-corrected chi connectivity index (χ4v) is 3.27. The van der Waals surface area contributed by atoms with E-state index in [0.29, 0.717) is 0 Å². The van der Waals surface area contributed by atoms with Crippen LogP contribution in [0.1, 0.15) is 16.8 Å². The second kappa shape index (κ2) is 4.11. The van der Waals surface area contributed by atoms with Gasteiger partial charge in [0.05, 0.1) is 5.66 Å². The van der Waals surface area contributed by atoms with Crippen molar-refractivity contribution in [1.82, 2.24) is 0 Å². The second-order valence-electron chi connectivity index (χ2n) is 4.03. The van der Waals surface area contributed by atoms with Gasteiger partial charge in [0, 0.05) is 19.3 Å². The van der Waals surface area contributed by atoms with E-state index >= 15 is 0 Å². The molecule has 0 aromatic heterocycles. The molecule has 3 rings (SSSR count). The zero-order valence-electron chi connectivity index (χ0n) is 9.21. The van der Waals surface area contributed by atoms with Crippen molar-refractivity contribution in [2.75, 3.05) is 0 Å². The molecule has 1 heterocycles. The summed E-state index contributed by atoms with van der Waals surface area (Å²) in [7, 11) is -1.07. The van der Waals surface area contributed by atoms with Gasteiger partial charge < -0.3 is 4.74 Å². The lowest BCUT2D eigenvalue weighted by Gasteiger charge is -2.29. The molecular formula is C13H13N2OP. The smallest absolute Gasteiger partial charge is 0.131 e. The fraction of sp³-hybridized carbons (Fsp3) is 0.0769. The third kappa shape index (κ3) is 1.73. The summed E-state index contributed by atoms with van der Waals surface area (Å²) in [5.41, 5.74) is 14.2. The van der Waals surface area contributed by atoms with Gasteiger partial charge in [-0.3, -0.25) is 11.0 Å². The van der Waals surface area contributed by atoms with Gasteiger partial charge in [-0.05, 0) is 12.1 Å². The number of nitrogens with two attached hydrogens (primary N) is 2. The van der Waals surface area contributed by atoms with E-state index in [2.05, 4.69) is 0 Å². The Morgan fingerprint density at radius 2 is 1.29 bits per heavy atom. The summed E-state index contributed by atoms with van der Waals surface area (Å²) >= 11 is 0. The molecule has 0 spiro atoms. The number of hydrogen-bond acceptors (Lipinski definition) is 3. The highest BCUT2D eigenvalue weighted by atomic mass is 31.1. The first-order chi connectivity index (χ1) is 8.27. The van der Waals surface area contributed by atoms with Gasteiger partial charge in [-0.15, -0.1) is 0 Å². The van der Waals surface area contributed by atoms with Gasteiger partial charge in [0.25, 0.3) is 0 Å². The van der Waals surface area contributed by atoms with Crippen molar-refractivity contribution in [3.63, 3.8) is 0 Å². The molecule has 1 aliphatic rings. The number of benzene rings is 2. The van der Waals surface area contributed by atoms with Crippen molar-refractivity contribution in [2.24, 2.45) is 11.0 Å². The van der Waals surface area contributed by atoms with E-state index < -0.39 is 8.22 Å². The van der Waals surface area contributed by atoms with Crippen molar-refractivity contribution in [1.29, 1.82) is 0 Å². The quantitative estimate of drug-likeness (QED) is 0.757. The lowest BCUT2D eigenvalue weighted by molar-refractivity contribution is 0.458. The van der Waals surface area contributed by atoms with E-state index in [1.807, 2.05) is 48.5 Å². The lowest BCUT2D eigenvalue weighted by Crippen LogP contribution is -2.15. The van der Waals surface area contributed by atoms with Crippen molar-refractivity contribution in [3.05, 3.63) is 59.7 Å². The Morgan fingerprint density at radius 3 is 1.76 bits per heavy atom. The summed E-state index contributed by atoms with van der Waals surface area (Å²) in [6, 6.07) is 15.9. The van der Waals surface area contributed by atoms with Crippen LogP contribution in [0, 0.1) is 0 Å². The summed E-state index contributed by atoms with van der Waals surface area (Å²) < 4.78 is 5.86. The summed E-state index contributed by atoms with van der Waals surface area (Å²) in [4.78, 5) is 0. The largest absolute Gasteiger partial charge is 0.457 e. The summed E-state index contributed by atoms with van der Waals surface area (Å²) in [5.74, 6) is 1.72. The molecule has 0 atom stereocenters. The minimum Gasteiger partial charge on any atom is -0.457 e. The van der Waals surface area contributed by atoms with Crippen LogP contribution in [0.2, 0.25) is 0 Å². The van der Waals surface area contributed by atoms with Crippen LogP contribution < -0.4 is 15.7 Å². The molecule has 0 saturated carbocycles.